The van der Waals surface area contributed by atoms with Crippen molar-refractivity contribution in [2.24, 2.45) is 5.92 Å². The monoisotopic (exact) mass is 293 g/mol. The Morgan fingerprint density at radius 2 is 2.29 bits per heavy atom. The molecule has 0 bridgehead atoms. The number of hydrogen-bond donors (Lipinski definition) is 1. The van der Waals surface area contributed by atoms with Gasteiger partial charge in [-0.3, -0.25) is 0 Å². The highest BCUT2D eigenvalue weighted by molar-refractivity contribution is 5.43. The first-order valence-electron chi connectivity index (χ1n) is 7.88. The molecule has 1 aromatic heterocycles. The van der Waals surface area contributed by atoms with Gasteiger partial charge in [-0.05, 0) is 37.7 Å². The minimum Gasteiger partial charge on any atom is -0.384 e. The van der Waals surface area contributed by atoms with Crippen LogP contribution in [0.4, 0.5) is 10.2 Å². The first-order valence-corrected chi connectivity index (χ1v) is 7.88. The Labute approximate surface area is 125 Å². The largest absolute Gasteiger partial charge is 0.384 e. The smallest absolute Gasteiger partial charge is 0.170 e. The molecule has 1 saturated heterocycles. The molecule has 1 unspecified atom stereocenters. The fourth-order valence-corrected chi connectivity index (χ4v) is 3.00. The zero-order chi connectivity index (χ0) is 14.7. The lowest BCUT2D eigenvalue weighted by molar-refractivity contribution is 0.143. The number of methoxy groups -OCH3 is 1. The van der Waals surface area contributed by atoms with E-state index in [4.69, 9.17) is 4.74 Å². The van der Waals surface area contributed by atoms with E-state index in [0.29, 0.717) is 24.3 Å². The maximum atomic E-state index is 14.7. The number of piperidine rings is 1. The van der Waals surface area contributed by atoms with Crippen LogP contribution in [0.1, 0.15) is 31.2 Å². The summed E-state index contributed by atoms with van der Waals surface area (Å²) < 4.78 is 19.9. The van der Waals surface area contributed by atoms with Crippen molar-refractivity contribution in [2.45, 2.75) is 38.3 Å². The zero-order valence-electron chi connectivity index (χ0n) is 12.6. The standard InChI is InChI=1S/C16H24FN3O/c1-21-11-12-3-2-8-20(10-12)16-15(17)13(6-7-18-16)9-19-14-4-5-14/h6-7,12,14,19H,2-5,8-11H2,1H3. The second-order valence-corrected chi connectivity index (χ2v) is 6.17. The molecular formula is C16H24FN3O. The van der Waals surface area contributed by atoms with Crippen LogP contribution in [0, 0.1) is 11.7 Å². The molecular weight excluding hydrogens is 269 g/mol. The number of anilines is 1. The van der Waals surface area contributed by atoms with Crippen LogP contribution in [0.2, 0.25) is 0 Å². The Bertz CT molecular complexity index is 477. The van der Waals surface area contributed by atoms with E-state index in [1.165, 1.54) is 12.8 Å². The summed E-state index contributed by atoms with van der Waals surface area (Å²) in [5.74, 6) is 0.813. The number of rotatable bonds is 6. The molecule has 0 radical (unpaired) electrons. The van der Waals surface area contributed by atoms with Crippen molar-refractivity contribution in [3.05, 3.63) is 23.6 Å². The summed E-state index contributed by atoms with van der Waals surface area (Å²) >= 11 is 0. The van der Waals surface area contributed by atoms with Crippen molar-refractivity contribution in [3.63, 3.8) is 0 Å². The third-order valence-corrected chi connectivity index (χ3v) is 4.33. The number of nitrogens with zero attached hydrogens (tertiary/aromatic N) is 2. The van der Waals surface area contributed by atoms with Crippen LogP contribution in [0.3, 0.4) is 0 Å². The summed E-state index contributed by atoms with van der Waals surface area (Å²) in [6.07, 6.45) is 6.37. The molecule has 1 saturated carbocycles. The fraction of sp³-hybridized carbons (Fsp3) is 0.688. The molecule has 2 aliphatic rings. The van der Waals surface area contributed by atoms with Gasteiger partial charge in [-0.1, -0.05) is 0 Å². The topological polar surface area (TPSA) is 37.4 Å². The molecule has 2 fully saturated rings. The summed E-state index contributed by atoms with van der Waals surface area (Å²) in [5.41, 5.74) is 0.723. The van der Waals surface area contributed by atoms with Crippen molar-refractivity contribution in [2.75, 3.05) is 31.7 Å². The Balaban J connectivity index is 1.69. The number of nitrogens with one attached hydrogen (secondary N) is 1. The average Bonchev–Trinajstić information content (AvgIpc) is 3.31. The number of ether oxygens (including phenoxy) is 1. The van der Waals surface area contributed by atoms with Gasteiger partial charge in [0.2, 0.25) is 0 Å². The molecule has 0 amide bonds. The molecule has 2 heterocycles. The van der Waals surface area contributed by atoms with Gasteiger partial charge in [0.1, 0.15) is 0 Å². The molecule has 1 N–H and O–H groups in total. The maximum absolute atomic E-state index is 14.7. The molecule has 0 spiro atoms. The zero-order valence-corrected chi connectivity index (χ0v) is 12.6. The lowest BCUT2D eigenvalue weighted by Gasteiger charge is -2.33. The number of halogens is 1. The molecule has 3 rings (SSSR count). The van der Waals surface area contributed by atoms with Crippen molar-refractivity contribution < 1.29 is 9.13 Å². The molecule has 0 aromatic carbocycles. The van der Waals surface area contributed by atoms with E-state index in [0.717, 1.165) is 38.1 Å². The van der Waals surface area contributed by atoms with Crippen LogP contribution in [-0.4, -0.2) is 37.8 Å². The van der Waals surface area contributed by atoms with Gasteiger partial charge in [-0.2, -0.15) is 0 Å². The third kappa shape index (κ3) is 3.71. The minimum atomic E-state index is -0.163. The molecule has 1 atom stereocenters. The summed E-state index contributed by atoms with van der Waals surface area (Å²) in [7, 11) is 1.72. The highest BCUT2D eigenvalue weighted by atomic mass is 19.1. The second kappa shape index (κ2) is 6.71. The van der Waals surface area contributed by atoms with E-state index < -0.39 is 0 Å². The highest BCUT2D eigenvalue weighted by Gasteiger charge is 2.25. The van der Waals surface area contributed by atoms with Gasteiger partial charge in [0.25, 0.3) is 0 Å². The van der Waals surface area contributed by atoms with E-state index in [1.807, 2.05) is 0 Å². The van der Waals surface area contributed by atoms with E-state index in [1.54, 1.807) is 19.4 Å². The van der Waals surface area contributed by atoms with E-state index in [2.05, 4.69) is 15.2 Å². The van der Waals surface area contributed by atoms with Crippen LogP contribution in [0.25, 0.3) is 0 Å². The van der Waals surface area contributed by atoms with Crippen LogP contribution in [-0.2, 0) is 11.3 Å². The Kier molecular flexibility index (Phi) is 4.70. The normalized spacial score (nSPS) is 22.6. The van der Waals surface area contributed by atoms with Crippen molar-refractivity contribution in [1.29, 1.82) is 0 Å². The molecule has 21 heavy (non-hydrogen) atoms. The summed E-state index contributed by atoms with van der Waals surface area (Å²) in [6, 6.07) is 2.37. The van der Waals surface area contributed by atoms with Gasteiger partial charge >= 0.3 is 0 Å². The van der Waals surface area contributed by atoms with Gasteiger partial charge in [0.15, 0.2) is 11.6 Å². The fourth-order valence-electron chi connectivity index (χ4n) is 3.00. The second-order valence-electron chi connectivity index (χ2n) is 6.17. The summed E-state index contributed by atoms with van der Waals surface area (Å²) in [5, 5.41) is 3.37. The predicted octanol–water partition coefficient (Wildman–Crippen LogP) is 2.34. The summed E-state index contributed by atoms with van der Waals surface area (Å²) in [4.78, 5) is 6.35. The molecule has 4 nitrogen and oxygen atoms in total. The third-order valence-electron chi connectivity index (χ3n) is 4.33. The van der Waals surface area contributed by atoms with Gasteiger partial charge in [-0.25, -0.2) is 9.37 Å². The Hall–Kier alpha value is -1.20. The molecule has 1 aliphatic heterocycles. The van der Waals surface area contributed by atoms with Crippen LogP contribution in [0.5, 0.6) is 0 Å². The lowest BCUT2D eigenvalue weighted by atomic mass is 9.99. The van der Waals surface area contributed by atoms with Gasteiger partial charge < -0.3 is 15.0 Å². The van der Waals surface area contributed by atoms with Gasteiger partial charge in [0, 0.05) is 44.5 Å². The number of aromatic nitrogens is 1. The van der Waals surface area contributed by atoms with E-state index in [9.17, 15) is 4.39 Å². The minimum absolute atomic E-state index is 0.163. The first kappa shape index (κ1) is 14.7. The quantitative estimate of drug-likeness (QED) is 0.873. The van der Waals surface area contributed by atoms with Crippen LogP contribution in [0.15, 0.2) is 12.3 Å². The average molecular weight is 293 g/mol. The van der Waals surface area contributed by atoms with Crippen LogP contribution < -0.4 is 10.2 Å². The highest BCUT2D eigenvalue weighted by Crippen LogP contribution is 2.26. The number of hydrogen-bond acceptors (Lipinski definition) is 4. The van der Waals surface area contributed by atoms with E-state index >= 15 is 0 Å². The van der Waals surface area contributed by atoms with Crippen molar-refractivity contribution >= 4 is 5.82 Å². The summed E-state index contributed by atoms with van der Waals surface area (Å²) in [6.45, 7) is 3.04. The van der Waals surface area contributed by atoms with Gasteiger partial charge in [0.05, 0.1) is 6.61 Å². The Morgan fingerprint density at radius 1 is 1.43 bits per heavy atom. The molecule has 5 heteroatoms. The van der Waals surface area contributed by atoms with E-state index in [-0.39, 0.29) is 5.82 Å². The predicted molar refractivity (Wildman–Crippen MR) is 80.9 cm³/mol. The first-order chi connectivity index (χ1) is 10.3. The maximum Gasteiger partial charge on any atom is 0.170 e. The molecule has 116 valence electrons. The van der Waals surface area contributed by atoms with Crippen LogP contribution >= 0.6 is 0 Å². The Morgan fingerprint density at radius 3 is 3.05 bits per heavy atom. The SMILES string of the molecule is COCC1CCCN(c2nccc(CNC3CC3)c2F)C1. The molecule has 1 aromatic rings. The lowest BCUT2D eigenvalue weighted by Crippen LogP contribution is -2.38. The number of pyridine rings is 1. The van der Waals surface area contributed by atoms with Crippen molar-refractivity contribution in [1.82, 2.24) is 10.3 Å². The van der Waals surface area contributed by atoms with Gasteiger partial charge in [-0.15, -0.1) is 0 Å². The van der Waals surface area contributed by atoms with Crippen molar-refractivity contribution in [3.8, 4) is 0 Å². The molecule has 1 aliphatic carbocycles.